The first-order valence-corrected chi connectivity index (χ1v) is 7.01. The van der Waals surface area contributed by atoms with Crippen LogP contribution >= 0.6 is 0 Å². The van der Waals surface area contributed by atoms with Gasteiger partial charge in [-0.2, -0.15) is 0 Å². The Morgan fingerprint density at radius 3 is 2.20 bits per heavy atom. The third-order valence-electron chi connectivity index (χ3n) is 3.54. The number of nitrogens with zero attached hydrogens (tertiary/aromatic N) is 1. The Morgan fingerprint density at radius 2 is 1.55 bits per heavy atom. The maximum atomic E-state index is 6.14. The minimum absolute atomic E-state index is 0.0684. The van der Waals surface area contributed by atoms with Gasteiger partial charge in [0, 0.05) is 12.0 Å². The fraction of sp³-hybridized carbons (Fsp3) is 0.278. The standard InChI is InChI=1S/C18H19NO/c1-18(2)13-16(14-9-5-3-6-10-14)20-17(19-18)15-11-7-4-8-12-15/h3-12,16H,13H2,1-2H3. The quantitative estimate of drug-likeness (QED) is 0.790. The van der Waals surface area contributed by atoms with Gasteiger partial charge in [0.2, 0.25) is 5.90 Å². The Morgan fingerprint density at radius 1 is 0.950 bits per heavy atom. The van der Waals surface area contributed by atoms with Crippen LogP contribution in [0.15, 0.2) is 65.7 Å². The molecule has 1 aliphatic rings. The molecule has 2 heteroatoms. The fourth-order valence-electron chi connectivity index (χ4n) is 2.54. The third-order valence-corrected chi connectivity index (χ3v) is 3.54. The molecule has 1 heterocycles. The molecule has 0 spiro atoms. The SMILES string of the molecule is CC1(C)CC(c2ccccc2)OC(c2ccccc2)=N1. The monoisotopic (exact) mass is 265 g/mol. The van der Waals surface area contributed by atoms with Crippen LogP contribution in [0.2, 0.25) is 0 Å². The van der Waals surface area contributed by atoms with Crippen LogP contribution in [-0.2, 0) is 4.74 Å². The predicted octanol–water partition coefficient (Wildman–Crippen LogP) is 4.37. The van der Waals surface area contributed by atoms with Crippen molar-refractivity contribution in [1.29, 1.82) is 0 Å². The van der Waals surface area contributed by atoms with Gasteiger partial charge in [0.1, 0.15) is 6.10 Å². The van der Waals surface area contributed by atoms with Crippen LogP contribution in [0.3, 0.4) is 0 Å². The molecule has 20 heavy (non-hydrogen) atoms. The number of benzene rings is 2. The van der Waals surface area contributed by atoms with E-state index in [9.17, 15) is 0 Å². The zero-order valence-electron chi connectivity index (χ0n) is 11.9. The summed E-state index contributed by atoms with van der Waals surface area (Å²) in [5, 5.41) is 0. The Kier molecular flexibility index (Phi) is 3.31. The lowest BCUT2D eigenvalue weighted by Crippen LogP contribution is -2.31. The highest BCUT2D eigenvalue weighted by atomic mass is 16.5. The van der Waals surface area contributed by atoms with Gasteiger partial charge in [-0.3, -0.25) is 0 Å². The van der Waals surface area contributed by atoms with Gasteiger partial charge < -0.3 is 4.74 Å². The van der Waals surface area contributed by atoms with Crippen molar-refractivity contribution in [3.05, 3.63) is 71.8 Å². The molecular weight excluding hydrogens is 246 g/mol. The van der Waals surface area contributed by atoms with E-state index in [0.29, 0.717) is 0 Å². The molecule has 2 aromatic rings. The van der Waals surface area contributed by atoms with E-state index in [2.05, 4.69) is 38.1 Å². The van der Waals surface area contributed by atoms with Gasteiger partial charge in [0.25, 0.3) is 0 Å². The third kappa shape index (κ3) is 2.74. The van der Waals surface area contributed by atoms with Gasteiger partial charge in [0.15, 0.2) is 0 Å². The molecule has 0 saturated heterocycles. The topological polar surface area (TPSA) is 21.6 Å². The summed E-state index contributed by atoms with van der Waals surface area (Å²) in [7, 11) is 0. The molecule has 0 aromatic heterocycles. The van der Waals surface area contributed by atoms with E-state index in [-0.39, 0.29) is 11.6 Å². The van der Waals surface area contributed by atoms with Crippen molar-refractivity contribution in [3.8, 4) is 0 Å². The van der Waals surface area contributed by atoms with Crippen molar-refractivity contribution in [1.82, 2.24) is 0 Å². The van der Waals surface area contributed by atoms with Crippen LogP contribution < -0.4 is 0 Å². The maximum Gasteiger partial charge on any atom is 0.217 e. The molecule has 0 radical (unpaired) electrons. The van der Waals surface area contributed by atoms with Crippen molar-refractivity contribution in [2.24, 2.45) is 4.99 Å². The van der Waals surface area contributed by atoms with Gasteiger partial charge in [-0.05, 0) is 31.5 Å². The lowest BCUT2D eigenvalue weighted by Gasteiger charge is -2.33. The van der Waals surface area contributed by atoms with Crippen LogP contribution in [-0.4, -0.2) is 11.4 Å². The molecule has 2 aromatic carbocycles. The number of rotatable bonds is 2. The Hall–Kier alpha value is -2.09. The van der Waals surface area contributed by atoms with Crippen LogP contribution in [0.5, 0.6) is 0 Å². The predicted molar refractivity (Wildman–Crippen MR) is 81.9 cm³/mol. The highest BCUT2D eigenvalue weighted by Crippen LogP contribution is 2.35. The highest BCUT2D eigenvalue weighted by Gasteiger charge is 2.31. The summed E-state index contributed by atoms with van der Waals surface area (Å²) >= 11 is 0. The van der Waals surface area contributed by atoms with E-state index >= 15 is 0 Å². The number of aliphatic imine (C=N–C) groups is 1. The Labute approximate surface area is 120 Å². The summed E-state index contributed by atoms with van der Waals surface area (Å²) in [6.45, 7) is 4.32. The van der Waals surface area contributed by atoms with Crippen molar-refractivity contribution in [2.45, 2.75) is 31.9 Å². The van der Waals surface area contributed by atoms with E-state index in [1.165, 1.54) is 5.56 Å². The fourth-order valence-corrected chi connectivity index (χ4v) is 2.54. The van der Waals surface area contributed by atoms with E-state index in [0.717, 1.165) is 17.9 Å². The molecule has 0 fully saturated rings. The Balaban J connectivity index is 1.94. The van der Waals surface area contributed by atoms with Gasteiger partial charge in [0.05, 0.1) is 5.54 Å². The summed E-state index contributed by atoms with van der Waals surface area (Å²) in [4.78, 5) is 4.75. The van der Waals surface area contributed by atoms with Gasteiger partial charge >= 0.3 is 0 Å². The van der Waals surface area contributed by atoms with Crippen LogP contribution in [0, 0.1) is 0 Å². The van der Waals surface area contributed by atoms with Crippen molar-refractivity contribution < 1.29 is 4.74 Å². The molecular formula is C18H19NO. The summed E-state index contributed by atoms with van der Waals surface area (Å²) in [5.74, 6) is 0.746. The second-order valence-corrected chi connectivity index (χ2v) is 5.82. The minimum Gasteiger partial charge on any atom is -0.469 e. The molecule has 0 bridgehead atoms. The normalized spacial score (nSPS) is 20.9. The second kappa shape index (κ2) is 5.12. The van der Waals surface area contributed by atoms with Gasteiger partial charge in [-0.25, -0.2) is 4.99 Å². The first kappa shape index (κ1) is 12.9. The Bertz CT molecular complexity index is 602. The van der Waals surface area contributed by atoms with Crippen LogP contribution in [0.1, 0.15) is 37.5 Å². The molecule has 1 unspecified atom stereocenters. The molecule has 2 nitrogen and oxygen atoms in total. The summed E-state index contributed by atoms with van der Waals surface area (Å²) in [6.07, 6.45) is 0.965. The van der Waals surface area contributed by atoms with Crippen LogP contribution in [0.25, 0.3) is 0 Å². The second-order valence-electron chi connectivity index (χ2n) is 5.82. The minimum atomic E-state index is -0.107. The highest BCUT2D eigenvalue weighted by molar-refractivity contribution is 5.94. The molecule has 1 aliphatic heterocycles. The van der Waals surface area contributed by atoms with Crippen molar-refractivity contribution in [2.75, 3.05) is 0 Å². The average Bonchev–Trinajstić information content (AvgIpc) is 2.47. The molecule has 0 aliphatic carbocycles. The van der Waals surface area contributed by atoms with Crippen molar-refractivity contribution in [3.63, 3.8) is 0 Å². The van der Waals surface area contributed by atoms with E-state index in [1.807, 2.05) is 36.4 Å². The lowest BCUT2D eigenvalue weighted by atomic mass is 9.92. The number of hydrogen-bond acceptors (Lipinski definition) is 2. The molecule has 102 valence electrons. The van der Waals surface area contributed by atoms with E-state index in [1.54, 1.807) is 0 Å². The van der Waals surface area contributed by atoms with Crippen molar-refractivity contribution >= 4 is 5.90 Å². The first-order valence-electron chi connectivity index (χ1n) is 7.01. The molecule has 0 amide bonds. The van der Waals surface area contributed by atoms with E-state index < -0.39 is 0 Å². The van der Waals surface area contributed by atoms with Gasteiger partial charge in [-0.1, -0.05) is 48.5 Å². The molecule has 0 N–H and O–H groups in total. The first-order chi connectivity index (χ1) is 9.64. The lowest BCUT2D eigenvalue weighted by molar-refractivity contribution is 0.131. The van der Waals surface area contributed by atoms with Crippen LogP contribution in [0.4, 0.5) is 0 Å². The summed E-state index contributed by atoms with van der Waals surface area (Å²) in [5.41, 5.74) is 2.15. The summed E-state index contributed by atoms with van der Waals surface area (Å²) < 4.78 is 6.14. The summed E-state index contributed by atoms with van der Waals surface area (Å²) in [6, 6.07) is 20.5. The molecule has 1 atom stereocenters. The van der Waals surface area contributed by atoms with E-state index in [4.69, 9.17) is 9.73 Å². The van der Waals surface area contributed by atoms with Gasteiger partial charge in [-0.15, -0.1) is 0 Å². The largest absolute Gasteiger partial charge is 0.469 e. The average molecular weight is 265 g/mol. The maximum absolute atomic E-state index is 6.14. The zero-order valence-corrected chi connectivity index (χ0v) is 11.9. The molecule has 0 saturated carbocycles. The number of ether oxygens (including phenoxy) is 1. The molecule has 3 rings (SSSR count). The zero-order chi connectivity index (χ0) is 14.0. The smallest absolute Gasteiger partial charge is 0.217 e. The number of hydrogen-bond donors (Lipinski definition) is 0.